The van der Waals surface area contributed by atoms with Crippen molar-refractivity contribution in [3.05, 3.63) is 93.5 Å². The molecule has 0 fully saturated rings. The second kappa shape index (κ2) is 8.33. The summed E-state index contributed by atoms with van der Waals surface area (Å²) in [6.07, 6.45) is 0. The number of amides is 1. The predicted octanol–water partition coefficient (Wildman–Crippen LogP) is 4.38. The largest absolute Gasteiger partial charge is 0.455 e. The molecule has 0 heterocycles. The van der Waals surface area contributed by atoms with Gasteiger partial charge in [0.05, 0.1) is 16.1 Å². The standard InChI is InChI=1S/C21H12N4O4/c22-12-15-2-1-3-16(13-23)20(15)29-19-10-6-17(7-11-19)24-21(26)14-4-8-18(9-5-14)25(27)28/h1-11H,(H,24,26). The lowest BCUT2D eigenvalue weighted by molar-refractivity contribution is -0.384. The van der Waals surface area contributed by atoms with Crippen LogP contribution in [-0.2, 0) is 0 Å². The molecular weight excluding hydrogens is 372 g/mol. The lowest BCUT2D eigenvalue weighted by atomic mass is 10.1. The number of ether oxygens (including phenoxy) is 1. The molecule has 0 saturated heterocycles. The molecule has 0 aliphatic rings. The van der Waals surface area contributed by atoms with E-state index in [2.05, 4.69) is 5.32 Å². The zero-order valence-electron chi connectivity index (χ0n) is 14.8. The van der Waals surface area contributed by atoms with E-state index in [0.29, 0.717) is 11.4 Å². The Bertz CT molecular complexity index is 1130. The third kappa shape index (κ3) is 4.35. The van der Waals surface area contributed by atoms with Crippen molar-refractivity contribution in [3.63, 3.8) is 0 Å². The molecule has 8 nitrogen and oxygen atoms in total. The zero-order valence-corrected chi connectivity index (χ0v) is 14.8. The summed E-state index contributed by atoms with van der Waals surface area (Å²) in [5, 5.41) is 31.7. The summed E-state index contributed by atoms with van der Waals surface area (Å²) in [7, 11) is 0. The average Bonchev–Trinajstić information content (AvgIpc) is 2.75. The van der Waals surface area contributed by atoms with Gasteiger partial charge >= 0.3 is 0 Å². The molecule has 1 amide bonds. The first kappa shape index (κ1) is 19.1. The van der Waals surface area contributed by atoms with E-state index >= 15 is 0 Å². The van der Waals surface area contributed by atoms with Crippen LogP contribution < -0.4 is 10.1 Å². The van der Waals surface area contributed by atoms with Crippen LogP contribution in [0.25, 0.3) is 0 Å². The lowest BCUT2D eigenvalue weighted by Crippen LogP contribution is -2.11. The smallest absolute Gasteiger partial charge is 0.269 e. The Labute approximate surface area is 165 Å². The number of para-hydroxylation sites is 1. The SMILES string of the molecule is N#Cc1cccc(C#N)c1Oc1ccc(NC(=O)c2ccc([N+](=O)[O-])cc2)cc1. The number of nitriles is 2. The van der Waals surface area contributed by atoms with Gasteiger partial charge in [0.2, 0.25) is 0 Å². The maximum Gasteiger partial charge on any atom is 0.269 e. The van der Waals surface area contributed by atoms with Gasteiger partial charge in [-0.05, 0) is 48.5 Å². The summed E-state index contributed by atoms with van der Waals surface area (Å²) in [5.41, 5.74) is 1.13. The van der Waals surface area contributed by atoms with E-state index in [4.69, 9.17) is 4.74 Å². The highest BCUT2D eigenvalue weighted by Crippen LogP contribution is 2.29. The summed E-state index contributed by atoms with van der Waals surface area (Å²) >= 11 is 0. The first-order chi connectivity index (χ1) is 14.0. The molecule has 3 rings (SSSR count). The Morgan fingerprint density at radius 1 is 0.931 bits per heavy atom. The van der Waals surface area contributed by atoms with Crippen molar-refractivity contribution in [1.29, 1.82) is 10.5 Å². The van der Waals surface area contributed by atoms with Crippen LogP contribution in [0.4, 0.5) is 11.4 Å². The number of non-ortho nitro benzene ring substituents is 1. The van der Waals surface area contributed by atoms with Gasteiger partial charge in [-0.3, -0.25) is 14.9 Å². The van der Waals surface area contributed by atoms with Crippen molar-refractivity contribution in [3.8, 4) is 23.6 Å². The van der Waals surface area contributed by atoms with Crippen LogP contribution in [0, 0.1) is 32.8 Å². The molecule has 3 aromatic rings. The average molecular weight is 384 g/mol. The Morgan fingerprint density at radius 2 is 1.52 bits per heavy atom. The molecule has 140 valence electrons. The highest BCUT2D eigenvalue weighted by Gasteiger charge is 2.12. The summed E-state index contributed by atoms with van der Waals surface area (Å²) < 4.78 is 5.68. The van der Waals surface area contributed by atoms with E-state index in [0.717, 1.165) is 0 Å². The predicted molar refractivity (Wildman–Crippen MR) is 103 cm³/mol. The fourth-order valence-corrected chi connectivity index (χ4v) is 2.49. The summed E-state index contributed by atoms with van der Waals surface area (Å²) in [5.74, 6) is 0.132. The molecule has 0 saturated carbocycles. The van der Waals surface area contributed by atoms with Crippen LogP contribution in [0.5, 0.6) is 11.5 Å². The number of carbonyl (C=O) groups excluding carboxylic acids is 1. The third-order valence-corrected chi connectivity index (χ3v) is 3.93. The van der Waals surface area contributed by atoms with Crippen LogP contribution in [-0.4, -0.2) is 10.8 Å². The van der Waals surface area contributed by atoms with Crippen molar-refractivity contribution in [2.75, 3.05) is 5.32 Å². The van der Waals surface area contributed by atoms with Crippen LogP contribution in [0.1, 0.15) is 21.5 Å². The van der Waals surface area contributed by atoms with Gasteiger partial charge < -0.3 is 10.1 Å². The number of hydrogen-bond acceptors (Lipinski definition) is 6. The second-order valence-electron chi connectivity index (χ2n) is 5.79. The van der Waals surface area contributed by atoms with Gasteiger partial charge in [-0.1, -0.05) is 6.07 Å². The monoisotopic (exact) mass is 384 g/mol. The van der Waals surface area contributed by atoms with Crippen molar-refractivity contribution in [2.45, 2.75) is 0 Å². The van der Waals surface area contributed by atoms with Gasteiger partial charge in [0.1, 0.15) is 17.9 Å². The van der Waals surface area contributed by atoms with E-state index in [1.54, 1.807) is 42.5 Å². The van der Waals surface area contributed by atoms with Crippen LogP contribution >= 0.6 is 0 Å². The highest BCUT2D eigenvalue weighted by molar-refractivity contribution is 6.04. The van der Waals surface area contributed by atoms with Crippen molar-refractivity contribution < 1.29 is 14.5 Å². The van der Waals surface area contributed by atoms with E-state index in [9.17, 15) is 25.4 Å². The number of nitrogens with zero attached hydrogens (tertiary/aromatic N) is 3. The van der Waals surface area contributed by atoms with Gasteiger partial charge in [0, 0.05) is 23.4 Å². The zero-order chi connectivity index (χ0) is 20.8. The number of carbonyl (C=O) groups is 1. The lowest BCUT2D eigenvalue weighted by Gasteiger charge is -2.10. The third-order valence-electron chi connectivity index (χ3n) is 3.93. The second-order valence-corrected chi connectivity index (χ2v) is 5.79. The Balaban J connectivity index is 1.73. The molecule has 0 aliphatic heterocycles. The highest BCUT2D eigenvalue weighted by atomic mass is 16.6. The van der Waals surface area contributed by atoms with Crippen molar-refractivity contribution in [2.24, 2.45) is 0 Å². The molecule has 3 aromatic carbocycles. The van der Waals surface area contributed by atoms with Crippen LogP contribution in [0.3, 0.4) is 0 Å². The van der Waals surface area contributed by atoms with Gasteiger partial charge in [-0.25, -0.2) is 0 Å². The number of anilines is 1. The van der Waals surface area contributed by atoms with Crippen LogP contribution in [0.15, 0.2) is 66.7 Å². The molecular formula is C21H12N4O4. The normalized spacial score (nSPS) is 9.72. The van der Waals surface area contributed by atoms with E-state index in [-0.39, 0.29) is 28.1 Å². The first-order valence-corrected chi connectivity index (χ1v) is 8.29. The quantitative estimate of drug-likeness (QED) is 0.513. The first-order valence-electron chi connectivity index (χ1n) is 8.29. The number of nitro benzene ring substituents is 1. The summed E-state index contributed by atoms with van der Waals surface area (Å²) in [6.45, 7) is 0. The molecule has 0 radical (unpaired) electrons. The minimum absolute atomic E-state index is 0.0996. The maximum absolute atomic E-state index is 12.3. The van der Waals surface area contributed by atoms with Gasteiger partial charge in [-0.2, -0.15) is 10.5 Å². The van der Waals surface area contributed by atoms with E-state index in [1.165, 1.54) is 24.3 Å². The molecule has 0 spiro atoms. The maximum atomic E-state index is 12.3. The van der Waals surface area contributed by atoms with Crippen molar-refractivity contribution in [1.82, 2.24) is 0 Å². The van der Waals surface area contributed by atoms with Crippen LogP contribution in [0.2, 0.25) is 0 Å². The number of hydrogen-bond donors (Lipinski definition) is 1. The molecule has 0 aromatic heterocycles. The molecule has 29 heavy (non-hydrogen) atoms. The number of nitro groups is 1. The Kier molecular flexibility index (Phi) is 5.48. The molecule has 1 N–H and O–H groups in total. The minimum atomic E-state index is -0.539. The summed E-state index contributed by atoms with van der Waals surface area (Å²) in [6, 6.07) is 20.3. The molecule has 0 bridgehead atoms. The fraction of sp³-hybridized carbons (Fsp3) is 0. The van der Waals surface area contributed by atoms with Gasteiger partial charge in [0.25, 0.3) is 11.6 Å². The Hall–Kier alpha value is -4.69. The number of nitrogens with one attached hydrogen (secondary N) is 1. The molecule has 8 heteroatoms. The molecule has 0 unspecified atom stereocenters. The van der Waals surface area contributed by atoms with E-state index in [1.807, 2.05) is 12.1 Å². The fourth-order valence-electron chi connectivity index (χ4n) is 2.49. The van der Waals surface area contributed by atoms with Gasteiger partial charge in [-0.15, -0.1) is 0 Å². The molecule has 0 aliphatic carbocycles. The summed E-state index contributed by atoms with van der Waals surface area (Å²) in [4.78, 5) is 22.4. The number of benzene rings is 3. The van der Waals surface area contributed by atoms with Gasteiger partial charge in [0.15, 0.2) is 5.75 Å². The minimum Gasteiger partial charge on any atom is -0.455 e. The molecule has 0 atom stereocenters. The van der Waals surface area contributed by atoms with E-state index < -0.39 is 10.8 Å². The van der Waals surface area contributed by atoms with Crippen molar-refractivity contribution >= 4 is 17.3 Å². The Morgan fingerprint density at radius 3 is 2.03 bits per heavy atom. The topological polar surface area (TPSA) is 129 Å². The number of rotatable bonds is 5.